The third-order valence-corrected chi connectivity index (χ3v) is 7.36. The molecule has 4 N–H and O–H groups in total. The molecule has 0 aliphatic rings. The average Bonchev–Trinajstić information content (AvgIpc) is 3.61. The number of aliphatic hydroxyl groups excluding tert-OH is 1. The van der Waals surface area contributed by atoms with Gasteiger partial charge >= 0.3 is 0 Å². The van der Waals surface area contributed by atoms with Crippen LogP contribution in [0.1, 0.15) is 25.6 Å². The van der Waals surface area contributed by atoms with Crippen LogP contribution in [0.5, 0.6) is 0 Å². The highest BCUT2D eigenvalue weighted by atomic mass is 32.1. The summed E-state index contributed by atoms with van der Waals surface area (Å²) in [5.74, 6) is -0.0907. The van der Waals surface area contributed by atoms with Gasteiger partial charge in [0.1, 0.15) is 17.7 Å². The van der Waals surface area contributed by atoms with Gasteiger partial charge in [0.2, 0.25) is 0 Å². The van der Waals surface area contributed by atoms with Crippen LogP contribution < -0.4 is 5.32 Å². The van der Waals surface area contributed by atoms with E-state index in [0.29, 0.717) is 28.4 Å². The van der Waals surface area contributed by atoms with E-state index < -0.39 is 17.5 Å². The Morgan fingerprint density at radius 2 is 1.89 bits per heavy atom. The van der Waals surface area contributed by atoms with E-state index >= 15 is 4.39 Å². The third kappa shape index (κ3) is 4.19. The number of aliphatic hydroxyl groups is 1. The zero-order valence-corrected chi connectivity index (χ0v) is 22.0. The molecule has 0 aliphatic heterocycles. The number of H-pyrrole nitrogens is 2. The van der Waals surface area contributed by atoms with E-state index in [-0.39, 0.29) is 16.6 Å². The number of hydrogen-bond acceptors (Lipinski definition) is 8. The Kier molecular flexibility index (Phi) is 5.69. The fraction of sp³-hybridized carbons (Fsp3) is 0.222. The number of rotatable bonds is 5. The predicted octanol–water partition coefficient (Wildman–Crippen LogP) is 5.91. The van der Waals surface area contributed by atoms with E-state index in [1.165, 1.54) is 11.1 Å². The number of fused-ring (bicyclic) bond motifs is 2. The summed E-state index contributed by atoms with van der Waals surface area (Å²) in [6, 6.07) is 7.80. The van der Waals surface area contributed by atoms with Gasteiger partial charge in [-0.25, -0.2) is 19.3 Å². The van der Waals surface area contributed by atoms with Gasteiger partial charge in [-0.05, 0) is 31.2 Å². The summed E-state index contributed by atoms with van der Waals surface area (Å²) in [7, 11) is 0. The molecular weight excluding hydrogens is 503 g/mol. The minimum absolute atomic E-state index is 0.211. The zero-order valence-electron chi connectivity index (χ0n) is 21.2. The second-order valence-electron chi connectivity index (χ2n) is 10.2. The van der Waals surface area contributed by atoms with Crippen molar-refractivity contribution in [3.05, 3.63) is 59.7 Å². The van der Waals surface area contributed by atoms with Crippen molar-refractivity contribution in [1.29, 1.82) is 0 Å². The molecular formula is C27H25FN8OS. The lowest BCUT2D eigenvalue weighted by Gasteiger charge is -2.27. The number of anilines is 1. The molecule has 9 nitrogen and oxygen atoms in total. The Balaban J connectivity index is 1.43. The number of thiophene rings is 1. The van der Waals surface area contributed by atoms with E-state index in [4.69, 9.17) is 0 Å². The molecule has 1 unspecified atom stereocenters. The number of aromatic nitrogens is 7. The molecule has 0 radical (unpaired) electrons. The van der Waals surface area contributed by atoms with Gasteiger partial charge in [-0.1, -0.05) is 20.8 Å². The first-order valence-electron chi connectivity index (χ1n) is 12.0. The normalized spacial score (nSPS) is 12.9. The molecule has 6 rings (SSSR count). The number of hydrogen-bond donors (Lipinski definition) is 4. The fourth-order valence-corrected chi connectivity index (χ4v) is 5.08. The number of pyridine rings is 3. The van der Waals surface area contributed by atoms with Crippen LogP contribution in [0.2, 0.25) is 0 Å². The van der Waals surface area contributed by atoms with Crippen LogP contribution in [0.15, 0.2) is 49.1 Å². The van der Waals surface area contributed by atoms with Gasteiger partial charge in [0.25, 0.3) is 0 Å². The molecule has 11 heteroatoms. The molecule has 0 saturated heterocycles. The van der Waals surface area contributed by atoms with E-state index in [1.54, 1.807) is 36.0 Å². The van der Waals surface area contributed by atoms with Crippen LogP contribution in [-0.2, 0) is 0 Å². The lowest BCUT2D eigenvalue weighted by Crippen LogP contribution is -2.33. The molecule has 0 bridgehead atoms. The van der Waals surface area contributed by atoms with E-state index in [2.05, 4.69) is 59.5 Å². The highest BCUT2D eigenvalue weighted by molar-refractivity contribution is 7.15. The second-order valence-corrected chi connectivity index (χ2v) is 11.5. The summed E-state index contributed by atoms with van der Waals surface area (Å²) < 4.78 is 16.1. The van der Waals surface area contributed by atoms with Gasteiger partial charge in [0.05, 0.1) is 22.8 Å². The first-order chi connectivity index (χ1) is 18.2. The number of aryl methyl sites for hydroxylation is 1. The molecule has 6 aromatic heterocycles. The molecule has 0 spiro atoms. The summed E-state index contributed by atoms with van der Waals surface area (Å²) in [5, 5.41) is 20.8. The highest BCUT2D eigenvalue weighted by Crippen LogP contribution is 2.36. The number of nitrogens with zero attached hydrogens (tertiary/aromatic N) is 5. The topological polar surface area (TPSA) is 128 Å². The highest BCUT2D eigenvalue weighted by Gasteiger charge is 2.24. The monoisotopic (exact) mass is 528 g/mol. The summed E-state index contributed by atoms with van der Waals surface area (Å²) in [4.78, 5) is 23.3. The standard InChI is InChI=1S/C27H25FN8OS/c1-13-5-6-18(38-13)16-7-8-30-24-21(16)33-25(34-24)22-19-20(28)17(12-31-23(19)36-35-22)14-9-15(11-29-10-14)32-26(37)27(2,3)4/h5-12,26,32,37H,1-4H3,(H,30,33,34)(H,31,35,36). The Morgan fingerprint density at radius 3 is 2.66 bits per heavy atom. The van der Waals surface area contributed by atoms with Gasteiger partial charge in [0, 0.05) is 50.5 Å². The molecule has 6 aromatic rings. The van der Waals surface area contributed by atoms with Gasteiger partial charge in [-0.2, -0.15) is 5.10 Å². The maximum Gasteiger partial charge on any atom is 0.184 e. The Bertz CT molecular complexity index is 1800. The molecule has 0 aromatic carbocycles. The van der Waals surface area contributed by atoms with Crippen LogP contribution >= 0.6 is 11.3 Å². The van der Waals surface area contributed by atoms with Gasteiger partial charge < -0.3 is 15.4 Å². The minimum atomic E-state index is -0.810. The average molecular weight is 529 g/mol. The Labute approximate surface area is 221 Å². The van der Waals surface area contributed by atoms with Crippen LogP contribution in [-0.4, -0.2) is 46.5 Å². The van der Waals surface area contributed by atoms with Gasteiger partial charge in [-0.15, -0.1) is 11.3 Å². The predicted molar refractivity (Wildman–Crippen MR) is 147 cm³/mol. The third-order valence-electron chi connectivity index (χ3n) is 6.33. The molecule has 6 heterocycles. The quantitative estimate of drug-likeness (QED) is 0.205. The van der Waals surface area contributed by atoms with Crippen molar-refractivity contribution in [2.24, 2.45) is 5.41 Å². The molecule has 0 saturated carbocycles. The minimum Gasteiger partial charge on any atom is -0.373 e. The maximum atomic E-state index is 16.1. The Hall–Kier alpha value is -4.22. The van der Waals surface area contributed by atoms with E-state index in [1.807, 2.05) is 26.8 Å². The summed E-state index contributed by atoms with van der Waals surface area (Å²) in [6.45, 7) is 7.80. The molecule has 0 fully saturated rings. The fourth-order valence-electron chi connectivity index (χ4n) is 4.18. The summed E-state index contributed by atoms with van der Waals surface area (Å²) >= 11 is 1.68. The van der Waals surface area contributed by atoms with Crippen molar-refractivity contribution in [2.75, 3.05) is 5.32 Å². The summed E-state index contributed by atoms with van der Waals surface area (Å²) in [6.07, 6.45) is 5.48. The van der Waals surface area contributed by atoms with Crippen molar-refractivity contribution in [1.82, 2.24) is 35.1 Å². The number of imidazole rings is 1. The lowest BCUT2D eigenvalue weighted by molar-refractivity contribution is 0.0880. The first-order valence-corrected chi connectivity index (χ1v) is 12.8. The van der Waals surface area contributed by atoms with Crippen molar-refractivity contribution in [2.45, 2.75) is 33.9 Å². The molecule has 0 aliphatic carbocycles. The number of halogens is 1. The number of nitrogens with one attached hydrogen (secondary N) is 3. The number of aromatic amines is 2. The van der Waals surface area contributed by atoms with Crippen molar-refractivity contribution in [3.63, 3.8) is 0 Å². The Morgan fingerprint density at radius 1 is 1.05 bits per heavy atom. The second kappa shape index (κ2) is 8.96. The van der Waals surface area contributed by atoms with Crippen molar-refractivity contribution >= 4 is 39.2 Å². The maximum absolute atomic E-state index is 16.1. The summed E-state index contributed by atoms with van der Waals surface area (Å²) in [5.41, 5.74) is 3.81. The molecule has 0 amide bonds. The molecule has 38 heavy (non-hydrogen) atoms. The molecule has 192 valence electrons. The van der Waals surface area contributed by atoms with Crippen molar-refractivity contribution < 1.29 is 9.50 Å². The smallest absolute Gasteiger partial charge is 0.184 e. The van der Waals surface area contributed by atoms with E-state index in [9.17, 15) is 5.11 Å². The molecule has 1 atom stereocenters. The van der Waals surface area contributed by atoms with E-state index in [0.717, 1.165) is 16.0 Å². The zero-order chi connectivity index (χ0) is 26.6. The lowest BCUT2D eigenvalue weighted by atomic mass is 9.94. The van der Waals surface area contributed by atoms with Crippen LogP contribution in [0.4, 0.5) is 10.1 Å². The van der Waals surface area contributed by atoms with Gasteiger partial charge in [0.15, 0.2) is 17.1 Å². The van der Waals surface area contributed by atoms with Crippen LogP contribution in [0.25, 0.3) is 55.3 Å². The van der Waals surface area contributed by atoms with Crippen molar-refractivity contribution in [3.8, 4) is 33.1 Å². The first kappa shape index (κ1) is 24.1. The van der Waals surface area contributed by atoms with Crippen LogP contribution in [0.3, 0.4) is 0 Å². The SMILES string of the molecule is Cc1ccc(-c2ccnc3nc(-c4[nH]nc5ncc(-c6cncc(NC(O)C(C)(C)C)c6)c(F)c45)[nH]c23)s1. The van der Waals surface area contributed by atoms with Crippen LogP contribution in [0, 0.1) is 18.2 Å². The largest absolute Gasteiger partial charge is 0.373 e. The van der Waals surface area contributed by atoms with Gasteiger partial charge in [-0.3, -0.25) is 10.1 Å².